The van der Waals surface area contributed by atoms with Crippen molar-refractivity contribution in [3.05, 3.63) is 28.9 Å². The van der Waals surface area contributed by atoms with Gasteiger partial charge in [0.1, 0.15) is 0 Å². The summed E-state index contributed by atoms with van der Waals surface area (Å²) >= 11 is 0. The Morgan fingerprint density at radius 3 is 3.20 bits per heavy atom. The van der Waals surface area contributed by atoms with Crippen molar-refractivity contribution in [2.75, 3.05) is 0 Å². The highest BCUT2D eigenvalue weighted by Gasteiger charge is 1.92. The predicted molar refractivity (Wildman–Crippen MR) is 36.7 cm³/mol. The van der Waals surface area contributed by atoms with Crippen molar-refractivity contribution < 1.29 is 0 Å². The maximum Gasteiger partial charge on any atom is 0.250 e. The van der Waals surface area contributed by atoms with Crippen LogP contribution in [0.2, 0.25) is 0 Å². The molecule has 0 spiro atoms. The molecule has 4 heteroatoms. The van der Waals surface area contributed by atoms with Crippen molar-refractivity contribution in [1.29, 1.82) is 0 Å². The van der Waals surface area contributed by atoms with Crippen LogP contribution < -0.4 is 5.56 Å². The van der Waals surface area contributed by atoms with Gasteiger partial charge in [0.2, 0.25) is 5.56 Å². The number of H-pyrrole nitrogens is 2. The Labute approximate surface area is 55.9 Å². The van der Waals surface area contributed by atoms with Crippen LogP contribution in [-0.4, -0.2) is 15.0 Å². The Morgan fingerprint density at radius 2 is 2.30 bits per heavy atom. The Balaban J connectivity index is 2.99. The number of nitrogens with one attached hydrogen (secondary N) is 2. The van der Waals surface area contributed by atoms with Crippen molar-refractivity contribution in [3.63, 3.8) is 0 Å². The van der Waals surface area contributed by atoms with Crippen LogP contribution in [0.4, 0.5) is 0 Å². The van der Waals surface area contributed by atoms with E-state index in [-0.39, 0.29) is 5.56 Å². The average molecular weight is 135 g/mol. The number of fused-ring (bicyclic) bond motifs is 1. The molecule has 2 aromatic rings. The molecule has 0 saturated heterocycles. The standard InChI is InChI=1S/C6H5N3O/c10-6-1-4-5(2-7-6)9-3-8-4/h1-3H,(H,7,10)(H,8,9). The van der Waals surface area contributed by atoms with Crippen LogP contribution in [0.15, 0.2) is 23.4 Å². The van der Waals surface area contributed by atoms with Crippen LogP contribution in [-0.2, 0) is 0 Å². The minimum atomic E-state index is -0.125. The summed E-state index contributed by atoms with van der Waals surface area (Å²) in [7, 11) is 0. The second-order valence-electron chi connectivity index (χ2n) is 2.00. The molecule has 2 rings (SSSR count). The molecule has 0 aliphatic rings. The van der Waals surface area contributed by atoms with Gasteiger partial charge in [-0.15, -0.1) is 0 Å². The van der Waals surface area contributed by atoms with Gasteiger partial charge >= 0.3 is 0 Å². The molecular weight excluding hydrogens is 130 g/mol. The van der Waals surface area contributed by atoms with E-state index >= 15 is 0 Å². The molecule has 0 aliphatic heterocycles. The molecular formula is C6H5N3O. The summed E-state index contributed by atoms with van der Waals surface area (Å²) in [6, 6.07) is 1.45. The van der Waals surface area contributed by atoms with Crippen LogP contribution in [0.25, 0.3) is 11.0 Å². The zero-order chi connectivity index (χ0) is 6.97. The molecule has 10 heavy (non-hydrogen) atoms. The van der Waals surface area contributed by atoms with E-state index in [2.05, 4.69) is 15.0 Å². The highest BCUT2D eigenvalue weighted by atomic mass is 16.1. The third-order valence-electron chi connectivity index (χ3n) is 1.33. The number of imidazole rings is 1. The molecule has 50 valence electrons. The SMILES string of the molecule is O=c1cc2nc[nH]c2c[nH]1. The van der Waals surface area contributed by atoms with Gasteiger partial charge in [-0.05, 0) is 0 Å². The lowest BCUT2D eigenvalue weighted by molar-refractivity contribution is 1.26. The van der Waals surface area contributed by atoms with Crippen molar-refractivity contribution in [2.24, 2.45) is 0 Å². The van der Waals surface area contributed by atoms with Crippen LogP contribution in [0, 0.1) is 0 Å². The van der Waals surface area contributed by atoms with Crippen LogP contribution in [0.5, 0.6) is 0 Å². The van der Waals surface area contributed by atoms with Gasteiger partial charge in [0.05, 0.1) is 17.4 Å². The number of aromatic amines is 2. The Bertz CT molecular complexity index is 400. The van der Waals surface area contributed by atoms with E-state index in [1.54, 1.807) is 12.5 Å². The van der Waals surface area contributed by atoms with E-state index in [9.17, 15) is 4.79 Å². The van der Waals surface area contributed by atoms with Gasteiger partial charge in [0.15, 0.2) is 0 Å². The molecule has 2 aromatic heterocycles. The Hall–Kier alpha value is -1.58. The normalized spacial score (nSPS) is 10.4. The maximum absolute atomic E-state index is 10.7. The van der Waals surface area contributed by atoms with Gasteiger partial charge in [-0.3, -0.25) is 4.79 Å². The fraction of sp³-hybridized carbons (Fsp3) is 0. The lowest BCUT2D eigenvalue weighted by atomic mass is 10.4. The third kappa shape index (κ3) is 0.621. The van der Waals surface area contributed by atoms with E-state index in [4.69, 9.17) is 0 Å². The van der Waals surface area contributed by atoms with E-state index in [0.29, 0.717) is 5.52 Å². The molecule has 0 unspecified atom stereocenters. The van der Waals surface area contributed by atoms with Crippen LogP contribution >= 0.6 is 0 Å². The molecule has 0 aromatic carbocycles. The lowest BCUT2D eigenvalue weighted by Crippen LogP contribution is -2.00. The van der Waals surface area contributed by atoms with Crippen LogP contribution in [0.1, 0.15) is 0 Å². The number of rotatable bonds is 0. The molecule has 0 aliphatic carbocycles. The largest absolute Gasteiger partial charge is 0.343 e. The minimum Gasteiger partial charge on any atom is -0.343 e. The van der Waals surface area contributed by atoms with Gasteiger partial charge in [0.25, 0.3) is 0 Å². The zero-order valence-corrected chi connectivity index (χ0v) is 5.09. The summed E-state index contributed by atoms with van der Waals surface area (Å²) in [5, 5.41) is 0. The first-order chi connectivity index (χ1) is 4.86. The second-order valence-corrected chi connectivity index (χ2v) is 2.00. The topological polar surface area (TPSA) is 61.5 Å². The van der Waals surface area contributed by atoms with Crippen molar-refractivity contribution in [2.45, 2.75) is 0 Å². The number of pyridine rings is 1. The molecule has 0 fully saturated rings. The summed E-state index contributed by atoms with van der Waals surface area (Å²) in [6.07, 6.45) is 3.16. The molecule has 4 nitrogen and oxygen atoms in total. The Kier molecular flexibility index (Phi) is 0.887. The highest BCUT2D eigenvalue weighted by Crippen LogP contribution is 2.00. The smallest absolute Gasteiger partial charge is 0.250 e. The summed E-state index contributed by atoms with van der Waals surface area (Å²) in [6.45, 7) is 0. The predicted octanol–water partition coefficient (Wildman–Crippen LogP) is 0.251. The summed E-state index contributed by atoms with van der Waals surface area (Å²) in [5.74, 6) is 0. The lowest BCUT2D eigenvalue weighted by Gasteiger charge is -1.82. The van der Waals surface area contributed by atoms with Gasteiger partial charge < -0.3 is 9.97 Å². The molecule has 2 heterocycles. The number of hydrogen-bond acceptors (Lipinski definition) is 2. The summed E-state index contributed by atoms with van der Waals surface area (Å²) in [5.41, 5.74) is 1.42. The van der Waals surface area contributed by atoms with Gasteiger partial charge in [-0.1, -0.05) is 0 Å². The second kappa shape index (κ2) is 1.70. The van der Waals surface area contributed by atoms with E-state index in [1.165, 1.54) is 6.07 Å². The third-order valence-corrected chi connectivity index (χ3v) is 1.33. The van der Waals surface area contributed by atoms with Crippen molar-refractivity contribution in [3.8, 4) is 0 Å². The molecule has 0 radical (unpaired) electrons. The van der Waals surface area contributed by atoms with Crippen molar-refractivity contribution in [1.82, 2.24) is 15.0 Å². The van der Waals surface area contributed by atoms with Gasteiger partial charge in [0, 0.05) is 12.3 Å². The molecule has 0 bridgehead atoms. The van der Waals surface area contributed by atoms with E-state index < -0.39 is 0 Å². The summed E-state index contributed by atoms with van der Waals surface area (Å²) < 4.78 is 0. The minimum absolute atomic E-state index is 0.125. The number of nitrogens with zero attached hydrogens (tertiary/aromatic N) is 1. The highest BCUT2D eigenvalue weighted by molar-refractivity contribution is 5.72. The van der Waals surface area contributed by atoms with Crippen molar-refractivity contribution >= 4 is 11.0 Å². The first kappa shape index (κ1) is 5.22. The molecule has 0 atom stereocenters. The number of aromatic nitrogens is 3. The first-order valence-electron chi connectivity index (χ1n) is 2.88. The van der Waals surface area contributed by atoms with E-state index in [1.807, 2.05) is 0 Å². The molecule has 0 amide bonds. The quantitative estimate of drug-likeness (QED) is 0.544. The fourth-order valence-corrected chi connectivity index (χ4v) is 0.855. The average Bonchev–Trinajstić information content (AvgIpc) is 2.33. The first-order valence-corrected chi connectivity index (χ1v) is 2.88. The monoisotopic (exact) mass is 135 g/mol. The summed E-state index contributed by atoms with van der Waals surface area (Å²) in [4.78, 5) is 20.0. The zero-order valence-electron chi connectivity index (χ0n) is 5.09. The van der Waals surface area contributed by atoms with E-state index in [0.717, 1.165) is 5.52 Å². The molecule has 2 N–H and O–H groups in total. The maximum atomic E-state index is 10.7. The van der Waals surface area contributed by atoms with Crippen LogP contribution in [0.3, 0.4) is 0 Å². The molecule has 0 saturated carbocycles. The fourth-order valence-electron chi connectivity index (χ4n) is 0.855. The van der Waals surface area contributed by atoms with Gasteiger partial charge in [-0.25, -0.2) is 4.98 Å². The van der Waals surface area contributed by atoms with Gasteiger partial charge in [-0.2, -0.15) is 0 Å². The Morgan fingerprint density at radius 1 is 1.40 bits per heavy atom. The number of hydrogen-bond donors (Lipinski definition) is 2.